The van der Waals surface area contributed by atoms with Crippen LogP contribution in [0.4, 0.5) is 0 Å². The van der Waals surface area contributed by atoms with Crippen LogP contribution in [0.3, 0.4) is 0 Å². The number of carbonyl (C=O) groups excluding carboxylic acids is 1. The van der Waals surface area contributed by atoms with Gasteiger partial charge in [-0.05, 0) is 32.4 Å². The lowest BCUT2D eigenvalue weighted by atomic mass is 9.99. The van der Waals surface area contributed by atoms with Crippen LogP contribution in [0.5, 0.6) is 0 Å². The van der Waals surface area contributed by atoms with Gasteiger partial charge < -0.3 is 10.6 Å². The molecule has 0 aromatic carbocycles. The molecule has 10 heteroatoms. The molecule has 2 unspecified atom stereocenters. The van der Waals surface area contributed by atoms with Crippen molar-refractivity contribution in [3.05, 3.63) is 38.7 Å². The summed E-state index contributed by atoms with van der Waals surface area (Å²) < 4.78 is 2.31. The number of nitrogens with zero attached hydrogens (tertiary/aromatic N) is 3. The molecule has 1 aliphatic rings. The number of rotatable bonds is 2. The van der Waals surface area contributed by atoms with Crippen LogP contribution in [-0.4, -0.2) is 38.7 Å². The van der Waals surface area contributed by atoms with Crippen molar-refractivity contribution < 1.29 is 4.79 Å². The summed E-state index contributed by atoms with van der Waals surface area (Å²) >= 11 is 0. The maximum atomic E-state index is 12.5. The van der Waals surface area contributed by atoms with Gasteiger partial charge >= 0.3 is 5.69 Å². The first-order chi connectivity index (χ1) is 11.4. The van der Waals surface area contributed by atoms with Crippen molar-refractivity contribution in [2.75, 3.05) is 6.54 Å². The van der Waals surface area contributed by atoms with Gasteiger partial charge in [-0.25, -0.2) is 9.78 Å². The van der Waals surface area contributed by atoms with E-state index in [0.717, 1.165) is 24.0 Å². The second-order valence-electron chi connectivity index (χ2n) is 6.27. The van der Waals surface area contributed by atoms with E-state index < -0.39 is 11.2 Å². The third kappa shape index (κ3) is 3.92. The van der Waals surface area contributed by atoms with Crippen molar-refractivity contribution in [3.63, 3.8) is 0 Å². The molecule has 1 fully saturated rings. The number of halogens is 2. The topological polar surface area (TPSA) is 98.0 Å². The van der Waals surface area contributed by atoms with Crippen LogP contribution < -0.4 is 21.9 Å². The van der Waals surface area contributed by atoms with E-state index in [1.807, 2.05) is 6.92 Å². The van der Waals surface area contributed by atoms with Gasteiger partial charge in [-0.1, -0.05) is 0 Å². The smallest absolute Gasteiger partial charge is 0.332 e. The second kappa shape index (κ2) is 8.66. The molecular formula is C16H23Cl2N5O3. The van der Waals surface area contributed by atoms with E-state index in [-0.39, 0.29) is 53.8 Å². The van der Waals surface area contributed by atoms with E-state index in [0.29, 0.717) is 5.56 Å². The quantitative estimate of drug-likeness (QED) is 0.753. The summed E-state index contributed by atoms with van der Waals surface area (Å²) in [5.74, 6) is -0.263. The molecule has 3 heterocycles. The molecule has 8 nitrogen and oxygen atoms in total. The summed E-state index contributed by atoms with van der Waals surface area (Å²) in [4.78, 5) is 40.9. The maximum Gasteiger partial charge on any atom is 0.332 e. The third-order valence-corrected chi connectivity index (χ3v) is 4.63. The number of piperidine rings is 1. The number of carbonyl (C=O) groups is 1. The fourth-order valence-corrected chi connectivity index (χ4v) is 3.08. The average molecular weight is 404 g/mol. The molecule has 2 atom stereocenters. The van der Waals surface area contributed by atoms with Gasteiger partial charge in [-0.3, -0.25) is 18.7 Å². The van der Waals surface area contributed by atoms with Crippen molar-refractivity contribution in [2.24, 2.45) is 14.1 Å². The van der Waals surface area contributed by atoms with Crippen LogP contribution in [0.15, 0.2) is 21.9 Å². The van der Waals surface area contributed by atoms with Crippen molar-refractivity contribution in [1.82, 2.24) is 24.8 Å². The largest absolute Gasteiger partial charge is 0.348 e. The molecule has 0 spiro atoms. The number of aryl methyl sites for hydroxylation is 1. The Morgan fingerprint density at radius 3 is 2.62 bits per heavy atom. The van der Waals surface area contributed by atoms with E-state index in [1.54, 1.807) is 7.05 Å². The van der Waals surface area contributed by atoms with Crippen molar-refractivity contribution in [3.8, 4) is 0 Å². The molecular weight excluding hydrogens is 381 g/mol. The van der Waals surface area contributed by atoms with Crippen molar-refractivity contribution >= 4 is 41.8 Å². The highest BCUT2D eigenvalue weighted by atomic mass is 35.5. The summed E-state index contributed by atoms with van der Waals surface area (Å²) in [6, 6.07) is 1.75. The van der Waals surface area contributed by atoms with Gasteiger partial charge in [0.2, 0.25) is 0 Å². The summed E-state index contributed by atoms with van der Waals surface area (Å²) in [6.45, 7) is 2.99. The van der Waals surface area contributed by atoms with Crippen LogP contribution in [0.25, 0.3) is 11.0 Å². The lowest BCUT2D eigenvalue weighted by molar-refractivity contribution is 0.0919. The Hall–Kier alpha value is -1.90. The maximum absolute atomic E-state index is 12.5. The molecule has 26 heavy (non-hydrogen) atoms. The molecule has 2 N–H and O–H groups in total. The SMILES string of the molecule is CC1NCCCC1NC(=O)c1cnc2c(c1)c(=O)n(C)c(=O)n2C.Cl.Cl. The Morgan fingerprint density at radius 1 is 1.27 bits per heavy atom. The second-order valence-corrected chi connectivity index (χ2v) is 6.27. The standard InChI is InChI=1S/C16H21N5O3.2ClH/c1-9-12(5-4-6-17-9)19-14(22)10-7-11-13(18-8-10)20(2)16(24)21(3)15(11)23;;/h7-9,12,17H,4-6H2,1-3H3,(H,19,22);2*1H. The molecule has 2 aromatic heterocycles. The number of hydrogen-bond acceptors (Lipinski definition) is 5. The molecule has 0 saturated carbocycles. The summed E-state index contributed by atoms with van der Waals surface area (Å²) in [7, 11) is 2.96. The van der Waals surface area contributed by atoms with Crippen LogP contribution >= 0.6 is 24.8 Å². The Bertz CT molecular complexity index is 924. The minimum Gasteiger partial charge on any atom is -0.348 e. The third-order valence-electron chi connectivity index (χ3n) is 4.63. The monoisotopic (exact) mass is 403 g/mol. The van der Waals surface area contributed by atoms with Crippen LogP contribution in [0, 0.1) is 0 Å². The Balaban J connectivity index is 0.00000169. The van der Waals surface area contributed by atoms with E-state index in [9.17, 15) is 14.4 Å². The van der Waals surface area contributed by atoms with Gasteiger partial charge in [0.1, 0.15) is 5.65 Å². The van der Waals surface area contributed by atoms with Crippen LogP contribution in [0.1, 0.15) is 30.1 Å². The highest BCUT2D eigenvalue weighted by Gasteiger charge is 2.23. The molecule has 0 aliphatic carbocycles. The van der Waals surface area contributed by atoms with Crippen LogP contribution in [-0.2, 0) is 14.1 Å². The zero-order chi connectivity index (χ0) is 17.4. The van der Waals surface area contributed by atoms with Gasteiger partial charge in [0.25, 0.3) is 11.5 Å². The first-order valence-corrected chi connectivity index (χ1v) is 8.00. The molecule has 1 aliphatic heterocycles. The van der Waals surface area contributed by atoms with Gasteiger partial charge in [-0.15, -0.1) is 24.8 Å². The molecule has 1 amide bonds. The Morgan fingerprint density at radius 2 is 1.96 bits per heavy atom. The number of fused-ring (bicyclic) bond motifs is 1. The average Bonchev–Trinajstić information content (AvgIpc) is 2.59. The van der Waals surface area contributed by atoms with E-state index in [2.05, 4.69) is 15.6 Å². The summed E-state index contributed by atoms with van der Waals surface area (Å²) in [5.41, 5.74) is -0.314. The fourth-order valence-electron chi connectivity index (χ4n) is 3.08. The van der Waals surface area contributed by atoms with Crippen molar-refractivity contribution in [1.29, 1.82) is 0 Å². The molecule has 144 valence electrons. The molecule has 0 radical (unpaired) electrons. The van der Waals surface area contributed by atoms with Crippen LogP contribution in [0.2, 0.25) is 0 Å². The van der Waals surface area contributed by atoms with Crippen molar-refractivity contribution in [2.45, 2.75) is 31.8 Å². The zero-order valence-corrected chi connectivity index (χ0v) is 16.4. The number of amides is 1. The Kier molecular flexibility index (Phi) is 7.37. The number of nitrogens with one attached hydrogen (secondary N) is 2. The molecule has 2 aromatic rings. The zero-order valence-electron chi connectivity index (χ0n) is 14.8. The van der Waals surface area contributed by atoms with Gasteiger partial charge in [0.15, 0.2) is 0 Å². The van der Waals surface area contributed by atoms with E-state index in [1.165, 1.54) is 23.9 Å². The number of aromatic nitrogens is 3. The number of pyridine rings is 1. The highest BCUT2D eigenvalue weighted by molar-refractivity contribution is 5.96. The normalized spacial score (nSPS) is 19.3. The predicted molar refractivity (Wildman–Crippen MR) is 105 cm³/mol. The highest BCUT2D eigenvalue weighted by Crippen LogP contribution is 2.11. The number of hydrogen-bond donors (Lipinski definition) is 2. The first kappa shape index (κ1) is 22.1. The summed E-state index contributed by atoms with van der Waals surface area (Å²) in [6.07, 6.45) is 3.32. The fraction of sp³-hybridized carbons (Fsp3) is 0.500. The van der Waals surface area contributed by atoms with Gasteiger partial charge in [-0.2, -0.15) is 0 Å². The lowest BCUT2D eigenvalue weighted by Crippen LogP contribution is -2.51. The van der Waals surface area contributed by atoms with E-state index in [4.69, 9.17) is 0 Å². The predicted octanol–water partition coefficient (Wildman–Crippen LogP) is 0.346. The minimum atomic E-state index is -0.456. The molecule has 0 bridgehead atoms. The first-order valence-electron chi connectivity index (χ1n) is 8.00. The lowest BCUT2D eigenvalue weighted by Gasteiger charge is -2.30. The summed E-state index contributed by atoms with van der Waals surface area (Å²) in [5, 5.41) is 6.57. The molecule has 3 rings (SSSR count). The van der Waals surface area contributed by atoms with Gasteiger partial charge in [0.05, 0.1) is 10.9 Å². The molecule has 1 saturated heterocycles. The Labute approximate surface area is 162 Å². The minimum absolute atomic E-state index is 0. The van der Waals surface area contributed by atoms with Gasteiger partial charge in [0, 0.05) is 32.4 Å². The van der Waals surface area contributed by atoms with E-state index >= 15 is 0 Å².